The van der Waals surface area contributed by atoms with Crippen molar-refractivity contribution in [3.63, 3.8) is 0 Å². The maximum atomic E-state index is 5.77. The van der Waals surface area contributed by atoms with Gasteiger partial charge in [0.05, 0.1) is 6.54 Å². The summed E-state index contributed by atoms with van der Waals surface area (Å²) in [4.78, 5) is 6.39. The molecule has 0 aromatic heterocycles. The molecule has 0 saturated heterocycles. The van der Waals surface area contributed by atoms with Crippen LogP contribution in [0.1, 0.15) is 25.3 Å². The fourth-order valence-corrected chi connectivity index (χ4v) is 1.53. The number of anilines is 1. The maximum Gasteiger partial charge on any atom is 0.188 e. The number of benzene rings is 1. The third-order valence-corrected chi connectivity index (χ3v) is 2.72. The smallest absolute Gasteiger partial charge is 0.188 e. The van der Waals surface area contributed by atoms with Crippen molar-refractivity contribution in [2.75, 3.05) is 25.5 Å². The number of unbranched alkanes of at least 4 members (excludes halogenated alkanes) is 1. The summed E-state index contributed by atoms with van der Waals surface area (Å²) in [7, 11) is 4.06. The van der Waals surface area contributed by atoms with Gasteiger partial charge in [-0.15, -0.1) is 24.0 Å². The van der Waals surface area contributed by atoms with E-state index in [9.17, 15) is 0 Å². The number of nitrogens with one attached hydrogen (secondary N) is 1. The molecule has 4 nitrogen and oxygen atoms in total. The highest BCUT2D eigenvalue weighted by Gasteiger charge is 1.96. The summed E-state index contributed by atoms with van der Waals surface area (Å²) < 4.78 is 0. The van der Waals surface area contributed by atoms with Crippen LogP contribution >= 0.6 is 24.0 Å². The fraction of sp³-hybridized carbons (Fsp3) is 0.500. The molecule has 0 bridgehead atoms. The SMILES string of the molecule is CCCCNC(N)=NCc1ccc(N(C)C)cc1.I. The van der Waals surface area contributed by atoms with Crippen LogP contribution in [-0.2, 0) is 6.54 Å². The zero-order valence-electron chi connectivity index (χ0n) is 12.0. The van der Waals surface area contributed by atoms with Crippen molar-refractivity contribution in [3.05, 3.63) is 29.8 Å². The topological polar surface area (TPSA) is 53.6 Å². The Morgan fingerprint density at radius 3 is 2.42 bits per heavy atom. The molecule has 0 aliphatic heterocycles. The zero-order valence-corrected chi connectivity index (χ0v) is 14.3. The van der Waals surface area contributed by atoms with Crippen molar-refractivity contribution < 1.29 is 0 Å². The Morgan fingerprint density at radius 1 is 1.26 bits per heavy atom. The summed E-state index contributed by atoms with van der Waals surface area (Å²) in [5.74, 6) is 0.528. The Hall–Kier alpha value is -0.980. The van der Waals surface area contributed by atoms with Crippen LogP contribution in [0, 0.1) is 0 Å². The molecule has 1 aromatic rings. The monoisotopic (exact) mass is 376 g/mol. The van der Waals surface area contributed by atoms with E-state index in [-0.39, 0.29) is 24.0 Å². The molecular formula is C14H25IN4. The molecule has 0 unspecified atom stereocenters. The summed E-state index contributed by atoms with van der Waals surface area (Å²) in [6.07, 6.45) is 2.28. The molecule has 1 rings (SSSR count). The number of halogens is 1. The minimum Gasteiger partial charge on any atom is -0.378 e. The van der Waals surface area contributed by atoms with E-state index in [4.69, 9.17) is 5.73 Å². The molecule has 0 radical (unpaired) electrons. The van der Waals surface area contributed by atoms with Crippen molar-refractivity contribution in [1.29, 1.82) is 0 Å². The number of nitrogens with two attached hydrogens (primary N) is 1. The van der Waals surface area contributed by atoms with Crippen LogP contribution in [0.15, 0.2) is 29.3 Å². The number of guanidine groups is 1. The number of nitrogens with zero attached hydrogens (tertiary/aromatic N) is 2. The van der Waals surface area contributed by atoms with Gasteiger partial charge in [0, 0.05) is 26.3 Å². The van der Waals surface area contributed by atoms with E-state index in [1.165, 1.54) is 11.3 Å². The Kier molecular flexibility index (Phi) is 9.38. The predicted molar refractivity (Wildman–Crippen MR) is 94.4 cm³/mol. The second-order valence-corrected chi connectivity index (χ2v) is 4.54. The normalized spacial score (nSPS) is 10.8. The van der Waals surface area contributed by atoms with Crippen LogP contribution in [0.2, 0.25) is 0 Å². The van der Waals surface area contributed by atoms with Gasteiger partial charge in [-0.3, -0.25) is 0 Å². The van der Waals surface area contributed by atoms with Gasteiger partial charge < -0.3 is 16.0 Å². The van der Waals surface area contributed by atoms with Gasteiger partial charge in [0.2, 0.25) is 0 Å². The molecule has 1 aromatic carbocycles. The molecular weight excluding hydrogens is 351 g/mol. The highest BCUT2D eigenvalue weighted by molar-refractivity contribution is 14.0. The van der Waals surface area contributed by atoms with Crippen LogP contribution in [0.25, 0.3) is 0 Å². The molecule has 0 fully saturated rings. The average molecular weight is 376 g/mol. The predicted octanol–water partition coefficient (Wildman–Crippen LogP) is 2.58. The van der Waals surface area contributed by atoms with Crippen LogP contribution in [0.4, 0.5) is 5.69 Å². The van der Waals surface area contributed by atoms with Crippen molar-refractivity contribution in [2.24, 2.45) is 10.7 Å². The van der Waals surface area contributed by atoms with Gasteiger partial charge >= 0.3 is 0 Å². The highest BCUT2D eigenvalue weighted by atomic mass is 127. The lowest BCUT2D eigenvalue weighted by Crippen LogP contribution is -2.32. The molecule has 0 atom stereocenters. The van der Waals surface area contributed by atoms with Crippen molar-refractivity contribution >= 4 is 35.6 Å². The molecule has 5 heteroatoms. The average Bonchev–Trinajstić information content (AvgIpc) is 2.37. The lowest BCUT2D eigenvalue weighted by atomic mass is 10.2. The van der Waals surface area contributed by atoms with Crippen molar-refractivity contribution in [3.8, 4) is 0 Å². The van der Waals surface area contributed by atoms with Gasteiger partial charge in [-0.1, -0.05) is 25.5 Å². The molecule has 19 heavy (non-hydrogen) atoms. The largest absolute Gasteiger partial charge is 0.378 e. The number of hydrogen-bond acceptors (Lipinski definition) is 2. The van der Waals surface area contributed by atoms with Crippen molar-refractivity contribution in [2.45, 2.75) is 26.3 Å². The minimum atomic E-state index is 0. The molecule has 0 spiro atoms. The van der Waals surface area contributed by atoms with Gasteiger partial charge in [-0.25, -0.2) is 4.99 Å². The van der Waals surface area contributed by atoms with Gasteiger partial charge in [-0.05, 0) is 24.1 Å². The van der Waals surface area contributed by atoms with Crippen LogP contribution in [0.5, 0.6) is 0 Å². The summed E-state index contributed by atoms with van der Waals surface area (Å²) in [6.45, 7) is 3.67. The maximum absolute atomic E-state index is 5.77. The van der Waals surface area contributed by atoms with E-state index < -0.39 is 0 Å². The van der Waals surface area contributed by atoms with Crippen LogP contribution in [-0.4, -0.2) is 26.6 Å². The Bertz CT molecular complexity index is 374. The summed E-state index contributed by atoms with van der Waals surface area (Å²) in [5, 5.41) is 3.10. The standard InChI is InChI=1S/C14H24N4.HI/c1-4-5-10-16-14(15)17-11-12-6-8-13(9-7-12)18(2)3;/h6-9H,4-5,10-11H2,1-3H3,(H3,15,16,17);1H. The van der Waals surface area contributed by atoms with Gasteiger partial charge in [0.15, 0.2) is 5.96 Å². The number of hydrogen-bond donors (Lipinski definition) is 2. The number of aliphatic imine (C=N–C) groups is 1. The Labute approximate surface area is 133 Å². The van der Waals surface area contributed by atoms with Gasteiger partial charge in [0.1, 0.15) is 0 Å². The van der Waals surface area contributed by atoms with Gasteiger partial charge in [-0.2, -0.15) is 0 Å². The molecule has 0 saturated carbocycles. The zero-order chi connectivity index (χ0) is 13.4. The molecule has 0 aliphatic rings. The summed E-state index contributed by atoms with van der Waals surface area (Å²) in [6, 6.07) is 8.34. The lowest BCUT2D eigenvalue weighted by molar-refractivity contribution is 0.748. The summed E-state index contributed by atoms with van der Waals surface area (Å²) in [5.41, 5.74) is 8.13. The first-order valence-electron chi connectivity index (χ1n) is 6.43. The fourth-order valence-electron chi connectivity index (χ4n) is 1.53. The second-order valence-electron chi connectivity index (χ2n) is 4.54. The van der Waals surface area contributed by atoms with E-state index in [1.54, 1.807) is 0 Å². The third-order valence-electron chi connectivity index (χ3n) is 2.72. The third kappa shape index (κ3) is 7.25. The van der Waals surface area contributed by atoms with Crippen LogP contribution < -0.4 is 16.0 Å². The first kappa shape index (κ1) is 18.0. The van der Waals surface area contributed by atoms with E-state index in [0.29, 0.717) is 12.5 Å². The van der Waals surface area contributed by atoms with Crippen molar-refractivity contribution in [1.82, 2.24) is 5.32 Å². The molecule has 0 heterocycles. The molecule has 0 aliphatic carbocycles. The van der Waals surface area contributed by atoms with E-state index >= 15 is 0 Å². The van der Waals surface area contributed by atoms with E-state index in [0.717, 1.165) is 19.4 Å². The first-order valence-corrected chi connectivity index (χ1v) is 6.43. The Balaban J connectivity index is 0.00000324. The minimum absolute atomic E-state index is 0. The first-order chi connectivity index (χ1) is 8.63. The Morgan fingerprint density at radius 2 is 1.89 bits per heavy atom. The molecule has 108 valence electrons. The lowest BCUT2D eigenvalue weighted by Gasteiger charge is -2.12. The highest BCUT2D eigenvalue weighted by Crippen LogP contribution is 2.12. The van der Waals surface area contributed by atoms with E-state index in [2.05, 4.69) is 46.4 Å². The van der Waals surface area contributed by atoms with Gasteiger partial charge in [0.25, 0.3) is 0 Å². The van der Waals surface area contributed by atoms with E-state index in [1.807, 2.05) is 14.1 Å². The molecule has 0 amide bonds. The number of rotatable bonds is 6. The molecule has 3 N–H and O–H groups in total. The second kappa shape index (κ2) is 9.89. The summed E-state index contributed by atoms with van der Waals surface area (Å²) >= 11 is 0. The van der Waals surface area contributed by atoms with Crippen LogP contribution in [0.3, 0.4) is 0 Å². The quantitative estimate of drug-likeness (QED) is 0.347.